The molecule has 0 aliphatic carbocycles. The summed E-state index contributed by atoms with van der Waals surface area (Å²) >= 11 is 0. The maximum Gasteiger partial charge on any atom is 0.149 e. The summed E-state index contributed by atoms with van der Waals surface area (Å²) in [5.41, 5.74) is 8.68. The molecule has 5 nitrogen and oxygen atoms in total. The van der Waals surface area contributed by atoms with Crippen LogP contribution >= 0.6 is 0 Å². The highest BCUT2D eigenvalue weighted by atomic mass is 15.0. The Morgan fingerprint density at radius 2 is 2.00 bits per heavy atom. The molecule has 1 unspecified atom stereocenters. The van der Waals surface area contributed by atoms with E-state index in [1.807, 2.05) is 19.3 Å². The summed E-state index contributed by atoms with van der Waals surface area (Å²) in [5, 5.41) is 3.42. The summed E-state index contributed by atoms with van der Waals surface area (Å²) in [7, 11) is 0. The Labute approximate surface area is 113 Å². The van der Waals surface area contributed by atoms with Crippen molar-refractivity contribution in [2.24, 2.45) is 0 Å². The first-order chi connectivity index (χ1) is 9.22. The smallest absolute Gasteiger partial charge is 0.149 e. The molecule has 0 spiro atoms. The number of aromatic nitrogens is 3. The average Bonchev–Trinajstić information content (AvgIpc) is 2.43. The minimum Gasteiger partial charge on any atom is -0.398 e. The van der Waals surface area contributed by atoms with E-state index in [1.54, 1.807) is 18.5 Å². The van der Waals surface area contributed by atoms with Gasteiger partial charge in [-0.3, -0.25) is 4.98 Å². The van der Waals surface area contributed by atoms with Gasteiger partial charge in [0, 0.05) is 36.0 Å². The molecule has 2 aromatic rings. The van der Waals surface area contributed by atoms with Gasteiger partial charge in [0.05, 0.1) is 6.04 Å². The Morgan fingerprint density at radius 3 is 2.63 bits per heavy atom. The molecule has 1 atom stereocenters. The largest absolute Gasteiger partial charge is 0.398 e. The fraction of sp³-hybridized carbons (Fsp3) is 0.357. The van der Waals surface area contributed by atoms with Gasteiger partial charge < -0.3 is 11.1 Å². The van der Waals surface area contributed by atoms with Crippen molar-refractivity contribution >= 4 is 5.69 Å². The average molecular weight is 257 g/mol. The molecule has 2 heterocycles. The number of pyridine rings is 1. The predicted octanol–water partition coefficient (Wildman–Crippen LogP) is 1.85. The molecule has 2 rings (SSSR count). The van der Waals surface area contributed by atoms with Crippen molar-refractivity contribution in [2.75, 3.05) is 12.3 Å². The molecule has 100 valence electrons. The fourth-order valence-corrected chi connectivity index (χ4v) is 1.84. The van der Waals surface area contributed by atoms with Gasteiger partial charge in [0.2, 0.25) is 0 Å². The molecule has 3 N–H and O–H groups in total. The number of anilines is 1. The molecule has 19 heavy (non-hydrogen) atoms. The van der Waals surface area contributed by atoms with E-state index in [0.29, 0.717) is 5.69 Å². The monoisotopic (exact) mass is 257 g/mol. The molecule has 0 radical (unpaired) electrons. The van der Waals surface area contributed by atoms with Crippen LogP contribution in [0.5, 0.6) is 0 Å². The third-order valence-electron chi connectivity index (χ3n) is 2.86. The van der Waals surface area contributed by atoms with E-state index in [0.717, 1.165) is 29.9 Å². The minimum atomic E-state index is -0.116. The zero-order chi connectivity index (χ0) is 13.7. The van der Waals surface area contributed by atoms with Crippen LogP contribution in [0.25, 0.3) is 0 Å². The van der Waals surface area contributed by atoms with E-state index in [4.69, 9.17) is 5.73 Å². The molecule has 2 aromatic heterocycles. The third kappa shape index (κ3) is 3.26. The maximum atomic E-state index is 6.02. The van der Waals surface area contributed by atoms with Gasteiger partial charge >= 0.3 is 0 Å². The van der Waals surface area contributed by atoms with Crippen LogP contribution in [-0.4, -0.2) is 21.5 Å². The molecular formula is C14H19N5. The first-order valence-corrected chi connectivity index (χ1v) is 6.43. The molecule has 0 aromatic carbocycles. The van der Waals surface area contributed by atoms with Crippen molar-refractivity contribution in [2.45, 2.75) is 26.3 Å². The first kappa shape index (κ1) is 13.4. The molecular weight excluding hydrogens is 238 g/mol. The van der Waals surface area contributed by atoms with Gasteiger partial charge in [-0.2, -0.15) is 0 Å². The SMILES string of the molecule is CCCNC(c1ncc(C)cn1)c1cnccc1N. The number of nitrogens with two attached hydrogens (primary N) is 1. The third-order valence-corrected chi connectivity index (χ3v) is 2.86. The van der Waals surface area contributed by atoms with Crippen LogP contribution in [0.1, 0.15) is 36.3 Å². The normalized spacial score (nSPS) is 12.3. The van der Waals surface area contributed by atoms with E-state index in [-0.39, 0.29) is 6.04 Å². The second-order valence-electron chi connectivity index (χ2n) is 4.51. The number of nitrogen functional groups attached to an aromatic ring is 1. The van der Waals surface area contributed by atoms with Crippen LogP contribution in [0.15, 0.2) is 30.9 Å². The standard InChI is InChI=1S/C14H19N5/c1-3-5-17-13(11-9-16-6-4-12(11)15)14-18-7-10(2)8-19-14/h4,6-9,13,17H,3,5H2,1-2H3,(H2,15,16). The molecule has 0 amide bonds. The highest BCUT2D eigenvalue weighted by molar-refractivity contribution is 5.48. The van der Waals surface area contributed by atoms with E-state index in [1.165, 1.54) is 0 Å². The molecule has 5 heteroatoms. The van der Waals surface area contributed by atoms with Crippen LogP contribution in [0, 0.1) is 6.92 Å². The fourth-order valence-electron chi connectivity index (χ4n) is 1.84. The van der Waals surface area contributed by atoms with E-state index in [9.17, 15) is 0 Å². The van der Waals surface area contributed by atoms with E-state index >= 15 is 0 Å². The van der Waals surface area contributed by atoms with Crippen LogP contribution < -0.4 is 11.1 Å². The lowest BCUT2D eigenvalue weighted by Crippen LogP contribution is -2.26. The summed E-state index contributed by atoms with van der Waals surface area (Å²) < 4.78 is 0. The Morgan fingerprint density at radius 1 is 1.26 bits per heavy atom. The van der Waals surface area contributed by atoms with Gasteiger partial charge in [0.1, 0.15) is 5.82 Å². The number of hydrogen-bond donors (Lipinski definition) is 2. The topological polar surface area (TPSA) is 76.7 Å². The minimum absolute atomic E-state index is 0.116. The first-order valence-electron chi connectivity index (χ1n) is 6.43. The van der Waals surface area contributed by atoms with Crippen molar-refractivity contribution in [1.82, 2.24) is 20.3 Å². The van der Waals surface area contributed by atoms with Gasteiger partial charge in [0.15, 0.2) is 0 Å². The quantitative estimate of drug-likeness (QED) is 0.854. The van der Waals surface area contributed by atoms with Gasteiger partial charge in [-0.1, -0.05) is 6.92 Å². The molecule has 0 aliphatic heterocycles. The summed E-state index contributed by atoms with van der Waals surface area (Å²) in [6.45, 7) is 4.96. The molecule has 0 saturated heterocycles. The molecule has 0 saturated carbocycles. The van der Waals surface area contributed by atoms with Crippen molar-refractivity contribution in [1.29, 1.82) is 0 Å². The van der Waals surface area contributed by atoms with Crippen LogP contribution in [0.3, 0.4) is 0 Å². The lowest BCUT2D eigenvalue weighted by molar-refractivity contribution is 0.571. The molecule has 0 fully saturated rings. The second-order valence-corrected chi connectivity index (χ2v) is 4.51. The maximum absolute atomic E-state index is 6.02. The summed E-state index contributed by atoms with van der Waals surface area (Å²) in [6.07, 6.45) is 8.12. The number of nitrogens with zero attached hydrogens (tertiary/aromatic N) is 3. The Balaban J connectivity index is 2.35. The lowest BCUT2D eigenvalue weighted by atomic mass is 10.1. The van der Waals surface area contributed by atoms with Gasteiger partial charge in [0.25, 0.3) is 0 Å². The van der Waals surface area contributed by atoms with Gasteiger partial charge in [-0.05, 0) is 31.5 Å². The number of hydrogen-bond acceptors (Lipinski definition) is 5. The molecule has 0 bridgehead atoms. The Hall–Kier alpha value is -2.01. The second kappa shape index (κ2) is 6.24. The van der Waals surface area contributed by atoms with Crippen LogP contribution in [0.4, 0.5) is 5.69 Å². The van der Waals surface area contributed by atoms with Crippen molar-refractivity contribution in [3.63, 3.8) is 0 Å². The zero-order valence-electron chi connectivity index (χ0n) is 11.3. The van der Waals surface area contributed by atoms with Crippen molar-refractivity contribution in [3.05, 3.63) is 47.8 Å². The highest BCUT2D eigenvalue weighted by Crippen LogP contribution is 2.23. The van der Waals surface area contributed by atoms with Gasteiger partial charge in [-0.15, -0.1) is 0 Å². The highest BCUT2D eigenvalue weighted by Gasteiger charge is 2.18. The van der Waals surface area contributed by atoms with Crippen molar-refractivity contribution < 1.29 is 0 Å². The van der Waals surface area contributed by atoms with E-state index < -0.39 is 0 Å². The number of nitrogens with one attached hydrogen (secondary N) is 1. The van der Waals surface area contributed by atoms with Crippen LogP contribution in [0.2, 0.25) is 0 Å². The lowest BCUT2D eigenvalue weighted by Gasteiger charge is -2.18. The summed E-state index contributed by atoms with van der Waals surface area (Å²) in [5.74, 6) is 0.721. The van der Waals surface area contributed by atoms with E-state index in [2.05, 4.69) is 27.2 Å². The predicted molar refractivity (Wildman–Crippen MR) is 75.6 cm³/mol. The van der Waals surface area contributed by atoms with Crippen molar-refractivity contribution in [3.8, 4) is 0 Å². The Kier molecular flexibility index (Phi) is 4.41. The molecule has 0 aliphatic rings. The Bertz CT molecular complexity index is 524. The van der Waals surface area contributed by atoms with Gasteiger partial charge in [-0.25, -0.2) is 9.97 Å². The summed E-state index contributed by atoms with van der Waals surface area (Å²) in [6, 6.07) is 1.68. The summed E-state index contributed by atoms with van der Waals surface area (Å²) in [4.78, 5) is 12.9. The number of rotatable bonds is 5. The number of aryl methyl sites for hydroxylation is 1. The zero-order valence-corrected chi connectivity index (χ0v) is 11.3. The van der Waals surface area contributed by atoms with Crippen LogP contribution in [-0.2, 0) is 0 Å².